The third kappa shape index (κ3) is 5.29. The lowest BCUT2D eigenvalue weighted by Gasteiger charge is -2.09. The zero-order valence-electron chi connectivity index (χ0n) is 11.3. The number of aromatic nitrogens is 2. The maximum atomic E-state index is 11.4. The molecule has 0 spiro atoms. The van der Waals surface area contributed by atoms with Gasteiger partial charge in [0.05, 0.1) is 18.6 Å². The summed E-state index contributed by atoms with van der Waals surface area (Å²) in [5, 5.41) is 3.22. The van der Waals surface area contributed by atoms with Crippen LogP contribution in [0.5, 0.6) is 0 Å². The van der Waals surface area contributed by atoms with Gasteiger partial charge in [0.25, 0.3) is 0 Å². The lowest BCUT2D eigenvalue weighted by Crippen LogP contribution is -2.22. The van der Waals surface area contributed by atoms with Crippen LogP contribution < -0.4 is 5.32 Å². The van der Waals surface area contributed by atoms with E-state index in [4.69, 9.17) is 4.74 Å². The van der Waals surface area contributed by atoms with Crippen LogP contribution in [0.1, 0.15) is 12.1 Å². The number of carbonyl (C=O) groups excluding carboxylic acids is 1. The van der Waals surface area contributed by atoms with E-state index in [0.717, 1.165) is 18.8 Å². The number of aryl methyl sites for hydroxylation is 1. The topological polar surface area (TPSA) is 59.4 Å². The maximum absolute atomic E-state index is 11.4. The van der Waals surface area contributed by atoms with Crippen LogP contribution >= 0.6 is 0 Å². The lowest BCUT2D eigenvalue weighted by molar-refractivity contribution is -0.128. The van der Waals surface area contributed by atoms with Crippen LogP contribution in [0.4, 0.5) is 0 Å². The molecular formula is C12H22N4O2. The smallest absolute Gasteiger partial charge is 0.223 e. The summed E-state index contributed by atoms with van der Waals surface area (Å²) in [4.78, 5) is 17.3. The molecule has 1 aromatic rings. The Morgan fingerprint density at radius 1 is 1.56 bits per heavy atom. The van der Waals surface area contributed by atoms with Gasteiger partial charge in [0.15, 0.2) is 0 Å². The normalized spacial score (nSPS) is 10.6. The minimum atomic E-state index is 0.128. The van der Waals surface area contributed by atoms with Gasteiger partial charge in [-0.25, -0.2) is 4.98 Å². The minimum absolute atomic E-state index is 0.128. The third-order valence-electron chi connectivity index (χ3n) is 2.56. The van der Waals surface area contributed by atoms with Gasteiger partial charge in [0, 0.05) is 53.5 Å². The van der Waals surface area contributed by atoms with Crippen LogP contribution in [0.3, 0.4) is 0 Å². The second kappa shape index (κ2) is 7.84. The van der Waals surface area contributed by atoms with E-state index in [9.17, 15) is 4.79 Å². The number of imidazole rings is 1. The molecule has 0 bridgehead atoms. The molecule has 0 aliphatic carbocycles. The lowest BCUT2D eigenvalue weighted by atomic mass is 10.4. The standard InChI is InChI=1S/C12H22N4O2/c1-15(2)12(17)4-6-16-9-11(14-10-16)8-13-5-7-18-3/h9-10,13H,4-8H2,1-3H3. The fourth-order valence-electron chi connectivity index (χ4n) is 1.46. The summed E-state index contributed by atoms with van der Waals surface area (Å²) in [5.41, 5.74) is 0.975. The first-order chi connectivity index (χ1) is 8.63. The first-order valence-electron chi connectivity index (χ1n) is 6.04. The van der Waals surface area contributed by atoms with Crippen LogP contribution in [0.25, 0.3) is 0 Å². The van der Waals surface area contributed by atoms with Gasteiger partial charge in [-0.3, -0.25) is 4.79 Å². The predicted molar refractivity (Wildman–Crippen MR) is 69.1 cm³/mol. The number of hydrogen-bond acceptors (Lipinski definition) is 4. The summed E-state index contributed by atoms with van der Waals surface area (Å²) in [6.07, 6.45) is 4.22. The van der Waals surface area contributed by atoms with Crippen molar-refractivity contribution < 1.29 is 9.53 Å². The quantitative estimate of drug-likeness (QED) is 0.668. The van der Waals surface area contributed by atoms with E-state index < -0.39 is 0 Å². The van der Waals surface area contributed by atoms with Crippen LogP contribution in [0, 0.1) is 0 Å². The van der Waals surface area contributed by atoms with E-state index >= 15 is 0 Å². The molecule has 18 heavy (non-hydrogen) atoms. The Kier molecular flexibility index (Phi) is 6.38. The number of nitrogens with one attached hydrogen (secondary N) is 1. The first kappa shape index (κ1) is 14.7. The molecule has 0 atom stereocenters. The Labute approximate surface area is 108 Å². The molecule has 0 fully saturated rings. The van der Waals surface area contributed by atoms with Crippen molar-refractivity contribution in [3.63, 3.8) is 0 Å². The molecule has 0 unspecified atom stereocenters. The van der Waals surface area contributed by atoms with Crippen molar-refractivity contribution in [3.05, 3.63) is 18.2 Å². The van der Waals surface area contributed by atoms with E-state index in [1.54, 1.807) is 32.4 Å². The van der Waals surface area contributed by atoms with Crippen molar-refractivity contribution in [1.82, 2.24) is 19.8 Å². The number of amides is 1. The Bertz CT molecular complexity index is 363. The monoisotopic (exact) mass is 254 g/mol. The number of carbonyl (C=O) groups is 1. The van der Waals surface area contributed by atoms with Gasteiger partial charge in [-0.05, 0) is 0 Å². The zero-order chi connectivity index (χ0) is 13.4. The highest BCUT2D eigenvalue weighted by Gasteiger charge is 2.04. The molecule has 1 rings (SSSR count). The minimum Gasteiger partial charge on any atom is -0.383 e. The number of methoxy groups -OCH3 is 1. The Hall–Kier alpha value is -1.40. The summed E-state index contributed by atoms with van der Waals surface area (Å²) in [5.74, 6) is 0.128. The van der Waals surface area contributed by atoms with Gasteiger partial charge in [-0.15, -0.1) is 0 Å². The highest BCUT2D eigenvalue weighted by molar-refractivity contribution is 5.75. The van der Waals surface area contributed by atoms with Crippen LogP contribution in [-0.4, -0.2) is 54.7 Å². The van der Waals surface area contributed by atoms with Gasteiger partial charge < -0.3 is 19.5 Å². The summed E-state index contributed by atoms with van der Waals surface area (Å²) >= 11 is 0. The van der Waals surface area contributed by atoms with Gasteiger partial charge >= 0.3 is 0 Å². The molecule has 0 saturated heterocycles. The molecule has 0 aromatic carbocycles. The SMILES string of the molecule is COCCNCc1cn(CCC(=O)N(C)C)cn1. The average Bonchev–Trinajstić information content (AvgIpc) is 2.79. The van der Waals surface area contributed by atoms with Crippen molar-refractivity contribution in [3.8, 4) is 0 Å². The molecular weight excluding hydrogens is 232 g/mol. The molecule has 102 valence electrons. The van der Waals surface area contributed by atoms with Crippen LogP contribution in [-0.2, 0) is 22.6 Å². The highest BCUT2D eigenvalue weighted by atomic mass is 16.5. The second-order valence-corrected chi connectivity index (χ2v) is 4.31. The molecule has 0 radical (unpaired) electrons. The van der Waals surface area contributed by atoms with Gasteiger partial charge in [-0.2, -0.15) is 0 Å². The van der Waals surface area contributed by atoms with Crippen molar-refractivity contribution in [2.24, 2.45) is 0 Å². The number of rotatable bonds is 8. The fraction of sp³-hybridized carbons (Fsp3) is 0.667. The predicted octanol–water partition coefficient (Wildman–Crippen LogP) is 0.0974. The van der Waals surface area contributed by atoms with E-state index in [2.05, 4.69) is 10.3 Å². The number of ether oxygens (including phenoxy) is 1. The van der Waals surface area contributed by atoms with Gasteiger partial charge in [0.1, 0.15) is 0 Å². The van der Waals surface area contributed by atoms with Crippen molar-refractivity contribution in [1.29, 1.82) is 0 Å². The molecule has 1 amide bonds. The number of hydrogen-bond donors (Lipinski definition) is 1. The van der Waals surface area contributed by atoms with Crippen molar-refractivity contribution in [2.75, 3.05) is 34.4 Å². The number of nitrogens with zero attached hydrogens (tertiary/aromatic N) is 3. The van der Waals surface area contributed by atoms with Gasteiger partial charge in [0.2, 0.25) is 5.91 Å². The van der Waals surface area contributed by atoms with E-state index in [-0.39, 0.29) is 5.91 Å². The average molecular weight is 254 g/mol. The first-order valence-corrected chi connectivity index (χ1v) is 6.04. The van der Waals surface area contributed by atoms with Crippen LogP contribution in [0.15, 0.2) is 12.5 Å². The molecule has 0 aliphatic rings. The van der Waals surface area contributed by atoms with Crippen molar-refractivity contribution >= 4 is 5.91 Å². The summed E-state index contributed by atoms with van der Waals surface area (Å²) in [6, 6.07) is 0. The Morgan fingerprint density at radius 2 is 2.33 bits per heavy atom. The molecule has 0 aliphatic heterocycles. The highest BCUT2D eigenvalue weighted by Crippen LogP contribution is 1.99. The van der Waals surface area contributed by atoms with Gasteiger partial charge in [-0.1, -0.05) is 0 Å². The second-order valence-electron chi connectivity index (χ2n) is 4.31. The van der Waals surface area contributed by atoms with E-state index in [1.807, 2.05) is 10.8 Å². The van der Waals surface area contributed by atoms with Crippen LogP contribution in [0.2, 0.25) is 0 Å². The molecule has 0 saturated carbocycles. The maximum Gasteiger partial charge on any atom is 0.223 e. The molecule has 6 heteroatoms. The molecule has 1 aromatic heterocycles. The Balaban J connectivity index is 2.28. The summed E-state index contributed by atoms with van der Waals surface area (Å²) in [6.45, 7) is 2.89. The summed E-state index contributed by atoms with van der Waals surface area (Å²) < 4.78 is 6.88. The molecule has 1 N–H and O–H groups in total. The van der Waals surface area contributed by atoms with E-state index in [1.165, 1.54) is 0 Å². The van der Waals surface area contributed by atoms with E-state index in [0.29, 0.717) is 19.6 Å². The summed E-state index contributed by atoms with van der Waals surface area (Å²) in [7, 11) is 5.21. The Morgan fingerprint density at radius 3 is 3.00 bits per heavy atom. The van der Waals surface area contributed by atoms with Crippen molar-refractivity contribution in [2.45, 2.75) is 19.5 Å². The zero-order valence-corrected chi connectivity index (χ0v) is 11.3. The fourth-order valence-corrected chi connectivity index (χ4v) is 1.46. The third-order valence-corrected chi connectivity index (χ3v) is 2.56. The molecule has 6 nitrogen and oxygen atoms in total. The largest absolute Gasteiger partial charge is 0.383 e. The molecule has 1 heterocycles.